The Morgan fingerprint density at radius 1 is 1.47 bits per heavy atom. The second-order valence-corrected chi connectivity index (χ2v) is 2.55. The van der Waals surface area contributed by atoms with Gasteiger partial charge >= 0.3 is 0 Å². The van der Waals surface area contributed by atoms with Crippen molar-refractivity contribution in [2.75, 3.05) is 0 Å². The summed E-state index contributed by atoms with van der Waals surface area (Å²) in [7, 11) is 0. The number of aromatic nitrogens is 1. The summed E-state index contributed by atoms with van der Waals surface area (Å²) in [4.78, 5) is 13.5. The van der Waals surface area contributed by atoms with Crippen molar-refractivity contribution in [1.82, 2.24) is 4.98 Å². The lowest BCUT2D eigenvalue weighted by Gasteiger charge is -2.02. The molecule has 0 spiro atoms. The first-order chi connectivity index (χ1) is 7.19. The zero-order chi connectivity index (χ0) is 11.8. The van der Waals surface area contributed by atoms with E-state index in [0.717, 1.165) is 6.07 Å². The van der Waals surface area contributed by atoms with Gasteiger partial charge in [-0.25, -0.2) is 0 Å². The highest BCUT2D eigenvalue weighted by molar-refractivity contribution is 5.66. The molecular formula is C12H17NO2. The highest BCUT2D eigenvalue weighted by Gasteiger charge is 2.03. The second-order valence-electron chi connectivity index (χ2n) is 2.55. The molecule has 0 bridgehead atoms. The molecule has 0 aromatic carbocycles. The molecular weight excluding hydrogens is 190 g/mol. The Labute approximate surface area is 89.8 Å². The van der Waals surface area contributed by atoms with Crippen LogP contribution in [-0.2, 0) is 0 Å². The van der Waals surface area contributed by atoms with Crippen molar-refractivity contribution in [3.05, 3.63) is 40.3 Å². The van der Waals surface area contributed by atoms with Crippen LogP contribution >= 0.6 is 0 Å². The molecule has 0 saturated heterocycles. The van der Waals surface area contributed by atoms with Crippen LogP contribution in [-0.4, -0.2) is 10.1 Å². The van der Waals surface area contributed by atoms with Crippen LogP contribution in [0.25, 0.3) is 12.2 Å². The van der Waals surface area contributed by atoms with Crippen LogP contribution in [0.3, 0.4) is 0 Å². The van der Waals surface area contributed by atoms with Gasteiger partial charge in [-0.2, -0.15) is 0 Å². The summed E-state index contributed by atoms with van der Waals surface area (Å²) in [5.74, 6) is -0.0308. The molecule has 1 rings (SSSR count). The maximum absolute atomic E-state index is 10.9. The number of aromatic hydroxyl groups is 1. The summed E-state index contributed by atoms with van der Waals surface area (Å²) in [6, 6.07) is 1.14. The van der Waals surface area contributed by atoms with E-state index in [-0.39, 0.29) is 11.3 Å². The number of hydrogen-bond acceptors (Lipinski definition) is 2. The van der Waals surface area contributed by atoms with E-state index in [9.17, 15) is 9.90 Å². The zero-order valence-corrected chi connectivity index (χ0v) is 9.37. The number of pyridine rings is 1. The molecule has 1 heterocycles. The number of hydrogen-bond donors (Lipinski definition) is 2. The predicted octanol–water partition coefficient (Wildman–Crippen LogP) is 2.78. The Balaban J connectivity index is 0.000000921. The van der Waals surface area contributed by atoms with Crippen LogP contribution in [0.1, 0.15) is 32.0 Å². The summed E-state index contributed by atoms with van der Waals surface area (Å²) in [5.41, 5.74) is 0.779. The predicted molar refractivity (Wildman–Crippen MR) is 64.9 cm³/mol. The molecule has 2 N–H and O–H groups in total. The Bertz CT molecular complexity index is 403. The number of allylic oxidation sites excluding steroid dienone is 1. The molecule has 0 aliphatic heterocycles. The fourth-order valence-electron chi connectivity index (χ4n) is 1.08. The number of H-pyrrole nitrogens is 1. The lowest BCUT2D eigenvalue weighted by molar-refractivity contribution is 0.472. The number of aromatic amines is 1. The first kappa shape index (κ1) is 13.2. The Hall–Kier alpha value is -1.77. The zero-order valence-electron chi connectivity index (χ0n) is 9.37. The molecule has 1 aromatic rings. The lowest BCUT2D eigenvalue weighted by Crippen LogP contribution is -2.06. The third-order valence-electron chi connectivity index (χ3n) is 1.63. The molecule has 0 saturated carbocycles. The minimum absolute atomic E-state index is 0.0308. The largest absolute Gasteiger partial charge is 0.507 e. The highest BCUT2D eigenvalue weighted by Crippen LogP contribution is 2.19. The summed E-state index contributed by atoms with van der Waals surface area (Å²) < 4.78 is 0. The van der Waals surface area contributed by atoms with Crippen molar-refractivity contribution in [2.45, 2.75) is 20.8 Å². The third kappa shape index (κ3) is 3.46. The molecule has 82 valence electrons. The maximum atomic E-state index is 10.9. The van der Waals surface area contributed by atoms with E-state index in [1.165, 1.54) is 6.08 Å². The molecule has 3 heteroatoms. The van der Waals surface area contributed by atoms with Gasteiger partial charge < -0.3 is 10.1 Å². The van der Waals surface area contributed by atoms with Gasteiger partial charge in [-0.15, -0.1) is 0 Å². The summed E-state index contributed by atoms with van der Waals surface area (Å²) in [5, 5.41) is 9.42. The van der Waals surface area contributed by atoms with E-state index in [0.29, 0.717) is 11.3 Å². The standard InChI is InChI=1S/C10H11NO2.C2H6/c1-3-5-7-8(4-2)11-10(13)6-9(7)12;1-2/h3-6H,2H2,1H3,(H2,11,12,13);1-2H3/b5-3-;. The van der Waals surface area contributed by atoms with Crippen LogP contribution in [0.4, 0.5) is 0 Å². The van der Waals surface area contributed by atoms with Gasteiger partial charge in [0.15, 0.2) is 0 Å². The van der Waals surface area contributed by atoms with Gasteiger partial charge in [-0.1, -0.05) is 32.6 Å². The second kappa shape index (κ2) is 6.65. The van der Waals surface area contributed by atoms with Gasteiger partial charge in [0.2, 0.25) is 0 Å². The van der Waals surface area contributed by atoms with Gasteiger partial charge in [-0.3, -0.25) is 4.79 Å². The Morgan fingerprint density at radius 3 is 2.53 bits per heavy atom. The van der Waals surface area contributed by atoms with Crippen molar-refractivity contribution in [2.24, 2.45) is 0 Å². The third-order valence-corrected chi connectivity index (χ3v) is 1.63. The van der Waals surface area contributed by atoms with Crippen LogP contribution in [0, 0.1) is 0 Å². The lowest BCUT2D eigenvalue weighted by atomic mass is 10.1. The SMILES string of the molecule is C=Cc1[nH]c(=O)cc(O)c1/C=C\C.CC. The van der Waals surface area contributed by atoms with E-state index < -0.39 is 0 Å². The Morgan fingerprint density at radius 2 is 2.07 bits per heavy atom. The number of nitrogens with one attached hydrogen (secondary N) is 1. The Kier molecular flexibility index (Phi) is 5.86. The summed E-state index contributed by atoms with van der Waals surface area (Å²) in [6.07, 6.45) is 4.99. The first-order valence-electron chi connectivity index (χ1n) is 4.90. The topological polar surface area (TPSA) is 53.1 Å². The van der Waals surface area contributed by atoms with E-state index in [1.807, 2.05) is 20.8 Å². The molecule has 0 amide bonds. The van der Waals surface area contributed by atoms with Crippen LogP contribution < -0.4 is 5.56 Å². The molecule has 0 unspecified atom stereocenters. The molecule has 0 fully saturated rings. The van der Waals surface area contributed by atoms with Crippen LogP contribution in [0.2, 0.25) is 0 Å². The van der Waals surface area contributed by atoms with Gasteiger partial charge in [0, 0.05) is 11.6 Å². The van der Waals surface area contributed by atoms with Crippen LogP contribution in [0.15, 0.2) is 23.5 Å². The maximum Gasteiger partial charge on any atom is 0.252 e. The van der Waals surface area contributed by atoms with Crippen molar-refractivity contribution < 1.29 is 5.11 Å². The van der Waals surface area contributed by atoms with Crippen molar-refractivity contribution >= 4 is 12.2 Å². The number of rotatable bonds is 2. The molecule has 0 atom stereocenters. The molecule has 3 nitrogen and oxygen atoms in total. The van der Waals surface area contributed by atoms with Gasteiger partial charge in [0.05, 0.1) is 5.69 Å². The van der Waals surface area contributed by atoms with Gasteiger partial charge in [0.1, 0.15) is 5.75 Å². The van der Waals surface area contributed by atoms with Gasteiger partial charge in [0.25, 0.3) is 5.56 Å². The molecule has 0 aliphatic carbocycles. The molecule has 0 radical (unpaired) electrons. The first-order valence-corrected chi connectivity index (χ1v) is 4.90. The van der Waals surface area contributed by atoms with Crippen LogP contribution in [0.5, 0.6) is 5.75 Å². The summed E-state index contributed by atoms with van der Waals surface area (Å²) >= 11 is 0. The average molecular weight is 207 g/mol. The molecule has 1 aromatic heterocycles. The van der Waals surface area contributed by atoms with E-state index in [4.69, 9.17) is 0 Å². The quantitative estimate of drug-likeness (QED) is 0.783. The van der Waals surface area contributed by atoms with Crippen molar-refractivity contribution in [3.63, 3.8) is 0 Å². The highest BCUT2D eigenvalue weighted by atomic mass is 16.3. The van der Waals surface area contributed by atoms with E-state index in [2.05, 4.69) is 11.6 Å². The smallest absolute Gasteiger partial charge is 0.252 e. The van der Waals surface area contributed by atoms with E-state index in [1.54, 1.807) is 12.2 Å². The molecule has 0 aliphatic rings. The fraction of sp³-hybridized carbons (Fsp3) is 0.250. The minimum Gasteiger partial charge on any atom is -0.507 e. The fourth-order valence-corrected chi connectivity index (χ4v) is 1.08. The summed E-state index contributed by atoms with van der Waals surface area (Å²) in [6.45, 7) is 9.37. The van der Waals surface area contributed by atoms with Crippen molar-refractivity contribution in [3.8, 4) is 5.75 Å². The van der Waals surface area contributed by atoms with Gasteiger partial charge in [-0.05, 0) is 13.0 Å². The molecule has 15 heavy (non-hydrogen) atoms. The van der Waals surface area contributed by atoms with Crippen molar-refractivity contribution in [1.29, 1.82) is 0 Å². The monoisotopic (exact) mass is 207 g/mol. The normalized spacial score (nSPS) is 9.53. The van der Waals surface area contributed by atoms with E-state index >= 15 is 0 Å². The minimum atomic E-state index is -0.333. The average Bonchev–Trinajstić information content (AvgIpc) is 2.24.